The Morgan fingerprint density at radius 3 is 2.95 bits per heavy atom. The quantitative estimate of drug-likeness (QED) is 0.781. The van der Waals surface area contributed by atoms with Gasteiger partial charge in [0.25, 0.3) is 0 Å². The number of hydrogen-bond acceptors (Lipinski definition) is 7. The van der Waals surface area contributed by atoms with Gasteiger partial charge in [-0.1, -0.05) is 17.3 Å². The van der Waals surface area contributed by atoms with Crippen molar-refractivity contribution in [3.63, 3.8) is 0 Å². The van der Waals surface area contributed by atoms with Crippen LogP contribution in [-0.2, 0) is 6.42 Å². The first-order chi connectivity index (χ1) is 10.2. The number of benzene rings is 1. The Bertz CT molecular complexity index is 757. The number of hydrogen-bond donors (Lipinski definition) is 1. The van der Waals surface area contributed by atoms with E-state index >= 15 is 0 Å². The van der Waals surface area contributed by atoms with Crippen molar-refractivity contribution in [3.8, 4) is 23.1 Å². The minimum absolute atomic E-state index is 0.202. The van der Waals surface area contributed by atoms with Crippen molar-refractivity contribution in [1.29, 1.82) is 0 Å². The first-order valence-electron chi connectivity index (χ1n) is 6.21. The Labute approximate surface area is 120 Å². The van der Waals surface area contributed by atoms with E-state index in [9.17, 15) is 5.11 Å². The van der Waals surface area contributed by atoms with Gasteiger partial charge in [-0.3, -0.25) is 0 Å². The van der Waals surface area contributed by atoms with Crippen LogP contribution in [0.1, 0.15) is 11.5 Å². The zero-order valence-corrected chi connectivity index (χ0v) is 11.2. The van der Waals surface area contributed by atoms with E-state index in [1.54, 1.807) is 24.3 Å². The zero-order chi connectivity index (χ0) is 14.7. The lowest BCUT2D eigenvalue weighted by atomic mass is 10.1. The molecule has 0 aliphatic carbocycles. The monoisotopic (exact) mass is 284 g/mol. The van der Waals surface area contributed by atoms with E-state index in [1.807, 2.05) is 6.07 Å². The van der Waals surface area contributed by atoms with Crippen molar-refractivity contribution in [2.24, 2.45) is 0 Å². The Kier molecular flexibility index (Phi) is 3.46. The maximum absolute atomic E-state index is 9.43. The van der Waals surface area contributed by atoms with Crippen molar-refractivity contribution >= 4 is 0 Å². The highest BCUT2D eigenvalue weighted by Crippen LogP contribution is 2.19. The molecule has 3 rings (SSSR count). The maximum Gasteiger partial charge on any atom is 0.231 e. The van der Waals surface area contributed by atoms with E-state index < -0.39 is 0 Å². The first kappa shape index (κ1) is 13.0. The van der Waals surface area contributed by atoms with Gasteiger partial charge in [0.05, 0.1) is 13.5 Å². The second-order valence-electron chi connectivity index (χ2n) is 4.30. The number of rotatable bonds is 4. The molecule has 1 N–H and O–H groups in total. The fourth-order valence-electron chi connectivity index (χ4n) is 1.85. The molecule has 0 amide bonds. The molecular formula is C14H12N4O3. The smallest absolute Gasteiger partial charge is 0.231 e. The van der Waals surface area contributed by atoms with Gasteiger partial charge < -0.3 is 14.4 Å². The number of aromatic hydroxyl groups is 1. The highest BCUT2D eigenvalue weighted by molar-refractivity contribution is 5.49. The van der Waals surface area contributed by atoms with Gasteiger partial charge in [0.2, 0.25) is 17.6 Å². The van der Waals surface area contributed by atoms with Crippen LogP contribution >= 0.6 is 0 Å². The lowest BCUT2D eigenvalue weighted by Crippen LogP contribution is -1.92. The largest absolute Gasteiger partial charge is 0.508 e. The summed E-state index contributed by atoms with van der Waals surface area (Å²) in [5.41, 5.74) is 1.40. The average molecular weight is 284 g/mol. The Balaban J connectivity index is 1.82. The number of methoxy groups -OCH3 is 1. The topological polar surface area (TPSA) is 94.2 Å². The zero-order valence-electron chi connectivity index (χ0n) is 11.2. The summed E-state index contributed by atoms with van der Waals surface area (Å²) in [6.45, 7) is 0. The summed E-state index contributed by atoms with van der Waals surface area (Å²) >= 11 is 0. The Morgan fingerprint density at radius 1 is 1.24 bits per heavy atom. The van der Waals surface area contributed by atoms with Gasteiger partial charge in [0.15, 0.2) is 0 Å². The summed E-state index contributed by atoms with van der Waals surface area (Å²) in [7, 11) is 1.52. The summed E-state index contributed by atoms with van der Waals surface area (Å²) < 4.78 is 10.2. The summed E-state index contributed by atoms with van der Waals surface area (Å²) in [6.07, 6.45) is 1.81. The standard InChI is InChI=1S/C14H12N4O3/c1-20-12-7-11(15-8-16-12)14-17-13(21-18-14)6-9-3-2-4-10(19)5-9/h2-5,7-8,19H,6H2,1H3. The van der Waals surface area contributed by atoms with Gasteiger partial charge >= 0.3 is 0 Å². The summed E-state index contributed by atoms with van der Waals surface area (Å²) in [4.78, 5) is 12.3. The Hall–Kier alpha value is -2.96. The minimum Gasteiger partial charge on any atom is -0.508 e. The molecule has 0 bridgehead atoms. The molecule has 106 valence electrons. The molecule has 0 saturated heterocycles. The van der Waals surface area contributed by atoms with Crippen molar-refractivity contribution in [2.45, 2.75) is 6.42 Å². The van der Waals surface area contributed by atoms with Crippen LogP contribution in [0.2, 0.25) is 0 Å². The molecule has 3 aromatic rings. The van der Waals surface area contributed by atoms with E-state index in [1.165, 1.54) is 13.4 Å². The third kappa shape index (κ3) is 2.97. The van der Waals surface area contributed by atoms with Gasteiger partial charge in [0, 0.05) is 6.07 Å². The van der Waals surface area contributed by atoms with Crippen LogP contribution in [0.25, 0.3) is 11.5 Å². The van der Waals surface area contributed by atoms with E-state index in [0.717, 1.165) is 5.56 Å². The molecule has 1 aromatic carbocycles. The van der Waals surface area contributed by atoms with Crippen LogP contribution < -0.4 is 4.74 Å². The SMILES string of the molecule is COc1cc(-c2noc(Cc3cccc(O)c3)n2)ncn1. The molecule has 7 nitrogen and oxygen atoms in total. The fraction of sp³-hybridized carbons (Fsp3) is 0.143. The molecule has 21 heavy (non-hydrogen) atoms. The molecule has 0 aliphatic rings. The molecule has 0 fully saturated rings. The van der Waals surface area contributed by atoms with E-state index in [-0.39, 0.29) is 5.75 Å². The maximum atomic E-state index is 9.43. The van der Waals surface area contributed by atoms with Crippen LogP contribution in [0.4, 0.5) is 0 Å². The number of phenolic OH excluding ortho intramolecular Hbond substituents is 1. The van der Waals surface area contributed by atoms with E-state index in [4.69, 9.17) is 9.26 Å². The predicted octanol–water partition coefficient (Wildman–Crippen LogP) is 1.83. The highest BCUT2D eigenvalue weighted by atomic mass is 16.5. The van der Waals surface area contributed by atoms with Gasteiger partial charge in [-0.2, -0.15) is 4.98 Å². The van der Waals surface area contributed by atoms with Gasteiger partial charge in [-0.05, 0) is 17.7 Å². The highest BCUT2D eigenvalue weighted by Gasteiger charge is 2.11. The number of aromatic nitrogens is 4. The van der Waals surface area contributed by atoms with Crippen molar-refractivity contribution in [2.75, 3.05) is 7.11 Å². The van der Waals surface area contributed by atoms with E-state index in [0.29, 0.717) is 29.7 Å². The molecule has 0 unspecified atom stereocenters. The molecule has 0 atom stereocenters. The lowest BCUT2D eigenvalue weighted by molar-refractivity contribution is 0.385. The van der Waals surface area contributed by atoms with Crippen LogP contribution in [-0.4, -0.2) is 32.3 Å². The number of nitrogens with zero attached hydrogens (tertiary/aromatic N) is 4. The van der Waals surface area contributed by atoms with Gasteiger partial charge in [-0.25, -0.2) is 9.97 Å². The second-order valence-corrected chi connectivity index (χ2v) is 4.30. The van der Waals surface area contributed by atoms with Crippen molar-refractivity contribution in [3.05, 3.63) is 48.1 Å². The molecule has 0 radical (unpaired) electrons. The Morgan fingerprint density at radius 2 is 2.14 bits per heavy atom. The average Bonchev–Trinajstić information content (AvgIpc) is 2.96. The molecule has 2 aromatic heterocycles. The van der Waals surface area contributed by atoms with Crippen LogP contribution in [0.15, 0.2) is 41.2 Å². The molecule has 0 aliphatic heterocycles. The molecule has 2 heterocycles. The fourth-order valence-corrected chi connectivity index (χ4v) is 1.85. The first-order valence-corrected chi connectivity index (χ1v) is 6.21. The lowest BCUT2D eigenvalue weighted by Gasteiger charge is -1.98. The normalized spacial score (nSPS) is 10.5. The van der Waals surface area contributed by atoms with Crippen molar-refractivity contribution < 1.29 is 14.4 Å². The number of phenols is 1. The minimum atomic E-state index is 0.202. The predicted molar refractivity (Wildman–Crippen MR) is 72.8 cm³/mol. The molecule has 0 spiro atoms. The van der Waals surface area contributed by atoms with Crippen LogP contribution in [0, 0.1) is 0 Å². The van der Waals surface area contributed by atoms with Crippen LogP contribution in [0.3, 0.4) is 0 Å². The van der Waals surface area contributed by atoms with Gasteiger partial charge in [0.1, 0.15) is 17.8 Å². The third-order valence-corrected chi connectivity index (χ3v) is 2.81. The summed E-state index contributed by atoms with van der Waals surface area (Å²) in [5, 5.41) is 13.3. The van der Waals surface area contributed by atoms with Crippen molar-refractivity contribution in [1.82, 2.24) is 20.1 Å². The molecular weight excluding hydrogens is 272 g/mol. The second kappa shape index (κ2) is 5.58. The van der Waals surface area contributed by atoms with Crippen LogP contribution in [0.5, 0.6) is 11.6 Å². The van der Waals surface area contributed by atoms with Gasteiger partial charge in [-0.15, -0.1) is 0 Å². The molecule has 7 heteroatoms. The third-order valence-electron chi connectivity index (χ3n) is 2.81. The van der Waals surface area contributed by atoms with E-state index in [2.05, 4.69) is 20.1 Å². The molecule has 0 saturated carbocycles. The summed E-state index contributed by atoms with van der Waals surface area (Å²) in [6, 6.07) is 8.52. The summed E-state index contributed by atoms with van der Waals surface area (Å²) in [5.74, 6) is 1.44. The number of ether oxygens (including phenoxy) is 1.